The number of benzene rings is 1. The van der Waals surface area contributed by atoms with Crippen molar-refractivity contribution in [2.24, 2.45) is 0 Å². The third-order valence-electron chi connectivity index (χ3n) is 2.02. The Morgan fingerprint density at radius 2 is 1.94 bits per heavy atom. The predicted molar refractivity (Wildman–Crippen MR) is 65.1 cm³/mol. The number of nitrogen functional groups attached to an aromatic ring is 3. The number of ether oxygens (including phenoxy) is 1. The van der Waals surface area contributed by atoms with Crippen molar-refractivity contribution < 1.29 is 9.84 Å². The smallest absolute Gasteiger partial charge is 0.146 e. The van der Waals surface area contributed by atoms with Crippen LogP contribution in [0, 0.1) is 0 Å². The number of aliphatic hydroxyl groups excluding tert-OH is 1. The van der Waals surface area contributed by atoms with Crippen LogP contribution in [0.25, 0.3) is 0 Å². The van der Waals surface area contributed by atoms with E-state index in [4.69, 9.17) is 27.0 Å². The quantitative estimate of drug-likeness (QED) is 0.326. The Labute approximate surface area is 94.4 Å². The van der Waals surface area contributed by atoms with Gasteiger partial charge in [-0.25, -0.2) is 0 Å². The number of nitrogens with two attached hydrogens (primary N) is 3. The van der Waals surface area contributed by atoms with Crippen molar-refractivity contribution in [1.29, 1.82) is 0 Å². The second kappa shape index (κ2) is 6.04. The van der Waals surface area contributed by atoms with Crippen molar-refractivity contribution in [2.45, 2.75) is 0 Å². The molecule has 1 aromatic rings. The van der Waals surface area contributed by atoms with E-state index in [-0.39, 0.29) is 6.61 Å². The van der Waals surface area contributed by atoms with Crippen molar-refractivity contribution in [3.05, 3.63) is 12.1 Å². The predicted octanol–water partition coefficient (Wildman–Crippen LogP) is -0.606. The van der Waals surface area contributed by atoms with E-state index in [9.17, 15) is 0 Å². The fourth-order valence-corrected chi connectivity index (χ4v) is 1.23. The van der Waals surface area contributed by atoms with E-state index in [0.717, 1.165) is 0 Å². The normalized spacial score (nSPS) is 10.3. The molecule has 0 aliphatic rings. The fourth-order valence-electron chi connectivity index (χ4n) is 1.23. The second-order valence-corrected chi connectivity index (χ2v) is 3.34. The van der Waals surface area contributed by atoms with Crippen LogP contribution in [0.1, 0.15) is 0 Å². The molecular weight excluding hydrogens is 208 g/mol. The molecule has 6 nitrogen and oxygen atoms in total. The Bertz CT molecular complexity index is 344. The number of hydrogen-bond donors (Lipinski definition) is 5. The molecule has 0 radical (unpaired) electrons. The van der Waals surface area contributed by atoms with Gasteiger partial charge in [0.1, 0.15) is 12.4 Å². The van der Waals surface area contributed by atoms with Crippen molar-refractivity contribution in [3.8, 4) is 5.75 Å². The van der Waals surface area contributed by atoms with Gasteiger partial charge >= 0.3 is 0 Å². The monoisotopic (exact) mass is 226 g/mol. The molecule has 1 aromatic carbocycles. The van der Waals surface area contributed by atoms with Gasteiger partial charge < -0.3 is 32.4 Å². The maximum atomic E-state index is 8.54. The van der Waals surface area contributed by atoms with Crippen LogP contribution in [-0.2, 0) is 0 Å². The van der Waals surface area contributed by atoms with Gasteiger partial charge in [-0.1, -0.05) is 0 Å². The minimum absolute atomic E-state index is 0.105. The molecule has 0 atom stereocenters. The lowest BCUT2D eigenvalue weighted by molar-refractivity contribution is 0.276. The van der Waals surface area contributed by atoms with E-state index >= 15 is 0 Å². The first-order valence-corrected chi connectivity index (χ1v) is 5.04. The van der Waals surface area contributed by atoms with Crippen LogP contribution < -0.4 is 27.3 Å². The summed E-state index contributed by atoms with van der Waals surface area (Å²) in [6, 6.07) is 3.23. The highest BCUT2D eigenvalue weighted by molar-refractivity contribution is 5.75. The summed E-state index contributed by atoms with van der Waals surface area (Å²) in [6.07, 6.45) is 0. The summed E-state index contributed by atoms with van der Waals surface area (Å²) in [6.45, 7) is 1.70. The Balaban J connectivity index is 2.47. The summed E-state index contributed by atoms with van der Waals surface area (Å²) in [7, 11) is 0. The molecule has 1 rings (SSSR count). The SMILES string of the molecule is Nc1cc(N)c(N)c(OCCNCCO)c1. The minimum atomic E-state index is 0.105. The Kier molecular flexibility index (Phi) is 4.68. The van der Waals surface area contributed by atoms with E-state index in [2.05, 4.69) is 5.32 Å². The molecular formula is C10H18N4O2. The van der Waals surface area contributed by atoms with Gasteiger partial charge in [-0.2, -0.15) is 0 Å². The standard InChI is InChI=1S/C10H18N4O2/c11-7-5-8(12)10(13)9(6-7)16-4-2-14-1-3-15/h5-6,14-15H,1-4,11-13H2. The molecule has 8 N–H and O–H groups in total. The second-order valence-electron chi connectivity index (χ2n) is 3.34. The van der Waals surface area contributed by atoms with Gasteiger partial charge in [0, 0.05) is 24.8 Å². The van der Waals surface area contributed by atoms with Crippen LogP contribution in [-0.4, -0.2) is 31.4 Å². The lowest BCUT2D eigenvalue weighted by Gasteiger charge is -2.11. The van der Waals surface area contributed by atoms with E-state index in [1.54, 1.807) is 12.1 Å². The molecule has 0 unspecified atom stereocenters. The number of anilines is 3. The van der Waals surface area contributed by atoms with Crippen LogP contribution >= 0.6 is 0 Å². The average molecular weight is 226 g/mol. The summed E-state index contributed by atoms with van der Waals surface area (Å²) in [5.74, 6) is 0.489. The Morgan fingerprint density at radius 1 is 1.19 bits per heavy atom. The highest BCUT2D eigenvalue weighted by atomic mass is 16.5. The first-order chi connectivity index (χ1) is 7.65. The van der Waals surface area contributed by atoms with Crippen molar-refractivity contribution >= 4 is 17.1 Å². The number of nitrogens with one attached hydrogen (secondary N) is 1. The van der Waals surface area contributed by atoms with E-state index in [1.165, 1.54) is 0 Å². The molecule has 0 fully saturated rings. The summed E-state index contributed by atoms with van der Waals surface area (Å²) in [5.41, 5.74) is 18.3. The fraction of sp³-hybridized carbons (Fsp3) is 0.400. The maximum Gasteiger partial charge on any atom is 0.146 e. The topological polar surface area (TPSA) is 120 Å². The highest BCUT2D eigenvalue weighted by Crippen LogP contribution is 2.30. The van der Waals surface area contributed by atoms with Gasteiger partial charge in [0.25, 0.3) is 0 Å². The van der Waals surface area contributed by atoms with Crippen molar-refractivity contribution in [3.63, 3.8) is 0 Å². The van der Waals surface area contributed by atoms with Gasteiger partial charge in [-0.05, 0) is 6.07 Å². The van der Waals surface area contributed by atoms with Crippen molar-refractivity contribution in [1.82, 2.24) is 5.32 Å². The maximum absolute atomic E-state index is 8.54. The molecule has 90 valence electrons. The third-order valence-corrected chi connectivity index (χ3v) is 2.02. The zero-order chi connectivity index (χ0) is 12.0. The van der Waals surface area contributed by atoms with E-state index in [1.807, 2.05) is 0 Å². The van der Waals surface area contributed by atoms with E-state index < -0.39 is 0 Å². The van der Waals surface area contributed by atoms with E-state index in [0.29, 0.717) is 42.5 Å². The Hall–Kier alpha value is -1.66. The lowest BCUT2D eigenvalue weighted by atomic mass is 10.2. The van der Waals surface area contributed by atoms with Crippen molar-refractivity contribution in [2.75, 3.05) is 43.5 Å². The average Bonchev–Trinajstić information content (AvgIpc) is 2.24. The van der Waals surface area contributed by atoms with Gasteiger partial charge in [0.15, 0.2) is 0 Å². The van der Waals surface area contributed by atoms with Crippen LogP contribution in [0.4, 0.5) is 17.1 Å². The molecule has 0 aromatic heterocycles. The molecule has 0 saturated heterocycles. The zero-order valence-electron chi connectivity index (χ0n) is 9.07. The summed E-state index contributed by atoms with van der Waals surface area (Å²) in [5, 5.41) is 11.5. The largest absolute Gasteiger partial charge is 0.490 e. The molecule has 0 aliphatic carbocycles. The molecule has 0 amide bonds. The first kappa shape index (κ1) is 12.4. The lowest BCUT2D eigenvalue weighted by Crippen LogP contribution is -2.24. The summed E-state index contributed by atoms with van der Waals surface area (Å²) >= 11 is 0. The van der Waals surface area contributed by atoms with Gasteiger partial charge in [0.2, 0.25) is 0 Å². The van der Waals surface area contributed by atoms with Gasteiger partial charge in [-0.3, -0.25) is 0 Å². The molecule has 0 bridgehead atoms. The molecule has 0 saturated carbocycles. The number of hydrogen-bond acceptors (Lipinski definition) is 6. The van der Waals surface area contributed by atoms with Gasteiger partial charge in [-0.15, -0.1) is 0 Å². The minimum Gasteiger partial charge on any atom is -0.490 e. The zero-order valence-corrected chi connectivity index (χ0v) is 9.07. The number of aliphatic hydroxyl groups is 1. The first-order valence-electron chi connectivity index (χ1n) is 5.04. The third kappa shape index (κ3) is 3.48. The molecule has 0 heterocycles. The van der Waals surface area contributed by atoms with Crippen LogP contribution in [0.3, 0.4) is 0 Å². The summed E-state index contributed by atoms with van der Waals surface area (Å²) < 4.78 is 5.42. The molecule has 16 heavy (non-hydrogen) atoms. The highest BCUT2D eigenvalue weighted by Gasteiger charge is 2.05. The van der Waals surface area contributed by atoms with Gasteiger partial charge in [0.05, 0.1) is 18.0 Å². The Morgan fingerprint density at radius 3 is 2.62 bits per heavy atom. The molecule has 0 spiro atoms. The summed E-state index contributed by atoms with van der Waals surface area (Å²) in [4.78, 5) is 0. The van der Waals surface area contributed by atoms with Crippen LogP contribution in [0.2, 0.25) is 0 Å². The van der Waals surface area contributed by atoms with Crippen LogP contribution in [0.15, 0.2) is 12.1 Å². The molecule has 6 heteroatoms. The van der Waals surface area contributed by atoms with Crippen LogP contribution in [0.5, 0.6) is 5.75 Å². The number of rotatable bonds is 6. The molecule has 0 aliphatic heterocycles.